The van der Waals surface area contributed by atoms with Crippen molar-refractivity contribution < 1.29 is 24.5 Å². The summed E-state index contributed by atoms with van der Waals surface area (Å²) in [6.45, 7) is 4.94. The van der Waals surface area contributed by atoms with Crippen LogP contribution in [0.25, 0.3) is 0 Å². The van der Waals surface area contributed by atoms with Gasteiger partial charge in [-0.3, -0.25) is 9.59 Å². The molecule has 1 amide bonds. The SMILES string of the molecule is CCCCCCCCCCCCCCCCCCCCCC(=O)OCCCCCCCCCCCCCC(=O)NC(CO)C(O)CCCCCCCCCCCCCCCCCC. The van der Waals surface area contributed by atoms with Crippen molar-refractivity contribution in [2.24, 2.45) is 0 Å². The maximum Gasteiger partial charge on any atom is 0.305 e. The van der Waals surface area contributed by atoms with Crippen molar-refractivity contribution in [2.75, 3.05) is 13.2 Å². The number of carbonyl (C=O) groups is 2. The quantitative estimate of drug-likeness (QED) is 0.0418. The van der Waals surface area contributed by atoms with Crippen molar-refractivity contribution in [3.05, 3.63) is 0 Å². The summed E-state index contributed by atoms with van der Waals surface area (Å²) in [6, 6.07) is -0.554. The molecule has 0 spiro atoms. The molecule has 0 aromatic rings. The van der Waals surface area contributed by atoms with E-state index in [1.807, 2.05) is 0 Å². The number of amides is 1. The number of nitrogens with one attached hydrogen (secondary N) is 1. The summed E-state index contributed by atoms with van der Waals surface area (Å²) in [7, 11) is 0. The molecule has 0 saturated carbocycles. The van der Waals surface area contributed by atoms with Gasteiger partial charge in [0, 0.05) is 12.8 Å². The molecular formula is C57H113NO5. The summed E-state index contributed by atoms with van der Waals surface area (Å²) in [5.74, 6) is -0.0580. The molecule has 0 saturated heterocycles. The second kappa shape index (κ2) is 53.5. The summed E-state index contributed by atoms with van der Waals surface area (Å²) >= 11 is 0. The summed E-state index contributed by atoms with van der Waals surface area (Å²) < 4.78 is 5.48. The van der Waals surface area contributed by atoms with Crippen molar-refractivity contribution in [1.82, 2.24) is 5.32 Å². The highest BCUT2D eigenvalue weighted by atomic mass is 16.5. The van der Waals surface area contributed by atoms with Crippen LogP contribution in [0.4, 0.5) is 0 Å². The Morgan fingerprint density at radius 1 is 0.381 bits per heavy atom. The summed E-state index contributed by atoms with van der Waals surface area (Å²) in [4.78, 5) is 24.6. The maximum absolute atomic E-state index is 12.5. The number of esters is 1. The minimum atomic E-state index is -0.675. The van der Waals surface area contributed by atoms with Gasteiger partial charge in [0.15, 0.2) is 0 Å². The first-order valence-electron chi connectivity index (χ1n) is 28.8. The van der Waals surface area contributed by atoms with E-state index in [9.17, 15) is 19.8 Å². The monoisotopic (exact) mass is 892 g/mol. The van der Waals surface area contributed by atoms with Crippen molar-refractivity contribution in [1.29, 1.82) is 0 Å². The molecule has 63 heavy (non-hydrogen) atoms. The smallest absolute Gasteiger partial charge is 0.305 e. The van der Waals surface area contributed by atoms with Gasteiger partial charge >= 0.3 is 5.97 Å². The van der Waals surface area contributed by atoms with Gasteiger partial charge in [0.1, 0.15) is 0 Å². The highest BCUT2D eigenvalue weighted by Crippen LogP contribution is 2.18. The topological polar surface area (TPSA) is 95.9 Å². The standard InChI is InChI=1S/C57H113NO5/c1-3-5-7-9-11-13-15-17-19-21-22-23-25-27-31-35-39-43-47-51-57(62)63-52-48-44-40-36-32-28-30-34-38-42-46-50-56(61)58-54(53-59)55(60)49-45-41-37-33-29-26-24-20-18-16-14-12-10-8-6-4-2/h54-55,59-60H,3-53H2,1-2H3,(H,58,61). The fraction of sp³-hybridized carbons (Fsp3) is 0.965. The number of ether oxygens (including phenoxy) is 1. The van der Waals surface area contributed by atoms with E-state index in [1.165, 1.54) is 238 Å². The molecule has 0 aliphatic carbocycles. The predicted octanol–water partition coefficient (Wildman–Crippen LogP) is 17.5. The average molecular weight is 893 g/mol. The van der Waals surface area contributed by atoms with Gasteiger partial charge in [0.25, 0.3) is 0 Å². The van der Waals surface area contributed by atoms with Crippen LogP contribution in [0, 0.1) is 0 Å². The van der Waals surface area contributed by atoms with E-state index < -0.39 is 12.1 Å². The Kier molecular flexibility index (Phi) is 52.5. The summed E-state index contributed by atoms with van der Waals surface area (Å²) in [5.41, 5.74) is 0. The highest BCUT2D eigenvalue weighted by molar-refractivity contribution is 5.76. The van der Waals surface area contributed by atoms with E-state index >= 15 is 0 Å². The van der Waals surface area contributed by atoms with Crippen molar-refractivity contribution >= 4 is 11.9 Å². The fourth-order valence-corrected chi connectivity index (χ4v) is 9.23. The molecule has 0 aromatic carbocycles. The van der Waals surface area contributed by atoms with Crippen LogP contribution < -0.4 is 5.32 Å². The third kappa shape index (κ3) is 50.1. The molecular weight excluding hydrogens is 779 g/mol. The molecule has 376 valence electrons. The maximum atomic E-state index is 12.5. The van der Waals surface area contributed by atoms with Gasteiger partial charge in [0.2, 0.25) is 5.91 Å². The number of unbranched alkanes of at least 4 members (excludes halogenated alkanes) is 43. The Morgan fingerprint density at radius 2 is 0.651 bits per heavy atom. The Labute approximate surface area is 394 Å². The molecule has 0 heterocycles. The molecule has 0 radical (unpaired) electrons. The normalized spacial score (nSPS) is 12.5. The van der Waals surface area contributed by atoms with E-state index in [0.29, 0.717) is 25.9 Å². The van der Waals surface area contributed by atoms with Crippen LogP contribution >= 0.6 is 0 Å². The second-order valence-corrected chi connectivity index (χ2v) is 20.0. The Balaban J connectivity index is 3.42. The molecule has 2 atom stereocenters. The summed E-state index contributed by atoms with van der Waals surface area (Å²) in [5, 5.41) is 23.3. The van der Waals surface area contributed by atoms with Gasteiger partial charge < -0.3 is 20.3 Å². The Morgan fingerprint density at radius 3 is 0.968 bits per heavy atom. The van der Waals surface area contributed by atoms with Gasteiger partial charge in [-0.2, -0.15) is 0 Å². The molecule has 0 aliphatic rings. The van der Waals surface area contributed by atoms with Gasteiger partial charge in [0.05, 0.1) is 25.4 Å². The fourth-order valence-electron chi connectivity index (χ4n) is 9.23. The first-order valence-corrected chi connectivity index (χ1v) is 28.8. The molecule has 2 unspecified atom stereocenters. The minimum absolute atomic E-state index is 0.00773. The lowest BCUT2D eigenvalue weighted by molar-refractivity contribution is -0.143. The highest BCUT2D eigenvalue weighted by Gasteiger charge is 2.20. The number of rotatable bonds is 54. The van der Waals surface area contributed by atoms with Gasteiger partial charge in [-0.1, -0.05) is 290 Å². The van der Waals surface area contributed by atoms with Crippen molar-refractivity contribution in [3.63, 3.8) is 0 Å². The minimum Gasteiger partial charge on any atom is -0.466 e. The predicted molar refractivity (Wildman–Crippen MR) is 274 cm³/mol. The van der Waals surface area contributed by atoms with Crippen LogP contribution in [-0.2, 0) is 14.3 Å². The van der Waals surface area contributed by atoms with Gasteiger partial charge in [-0.25, -0.2) is 0 Å². The van der Waals surface area contributed by atoms with E-state index in [1.54, 1.807) is 0 Å². The third-order valence-electron chi connectivity index (χ3n) is 13.7. The van der Waals surface area contributed by atoms with Crippen LogP contribution in [0.15, 0.2) is 0 Å². The second-order valence-electron chi connectivity index (χ2n) is 20.0. The van der Waals surface area contributed by atoms with Crippen LogP contribution in [0.5, 0.6) is 0 Å². The zero-order valence-corrected chi connectivity index (χ0v) is 42.8. The van der Waals surface area contributed by atoms with Gasteiger partial charge in [-0.05, 0) is 25.7 Å². The van der Waals surface area contributed by atoms with Crippen LogP contribution in [0.3, 0.4) is 0 Å². The Bertz CT molecular complexity index is 898. The molecule has 3 N–H and O–H groups in total. The molecule has 6 heteroatoms. The third-order valence-corrected chi connectivity index (χ3v) is 13.7. The van der Waals surface area contributed by atoms with Crippen LogP contribution in [-0.4, -0.2) is 47.4 Å². The zero-order chi connectivity index (χ0) is 45.8. The lowest BCUT2D eigenvalue weighted by Gasteiger charge is -2.22. The molecule has 0 fully saturated rings. The molecule has 0 aliphatic heterocycles. The van der Waals surface area contributed by atoms with E-state index in [4.69, 9.17) is 4.74 Å². The van der Waals surface area contributed by atoms with Crippen molar-refractivity contribution in [2.45, 2.75) is 341 Å². The van der Waals surface area contributed by atoms with E-state index in [-0.39, 0.29) is 18.5 Å². The van der Waals surface area contributed by atoms with Crippen molar-refractivity contribution in [3.8, 4) is 0 Å². The average Bonchev–Trinajstić information content (AvgIpc) is 3.28. The van der Waals surface area contributed by atoms with Gasteiger partial charge in [-0.15, -0.1) is 0 Å². The molecule has 0 bridgehead atoms. The molecule has 6 nitrogen and oxygen atoms in total. The number of aliphatic hydroxyl groups is 2. The number of aliphatic hydroxyl groups excluding tert-OH is 2. The lowest BCUT2D eigenvalue weighted by Crippen LogP contribution is -2.45. The molecule has 0 aromatic heterocycles. The Hall–Kier alpha value is -1.14. The van der Waals surface area contributed by atoms with Crippen LogP contribution in [0.1, 0.15) is 328 Å². The largest absolute Gasteiger partial charge is 0.466 e. The number of carbonyl (C=O) groups excluding carboxylic acids is 2. The summed E-state index contributed by atoms with van der Waals surface area (Å²) in [6.07, 6.45) is 60.9. The first-order chi connectivity index (χ1) is 31.0. The first kappa shape index (κ1) is 61.9. The lowest BCUT2D eigenvalue weighted by atomic mass is 10.0. The number of hydrogen-bond donors (Lipinski definition) is 3. The van der Waals surface area contributed by atoms with E-state index in [0.717, 1.165) is 57.8 Å². The van der Waals surface area contributed by atoms with E-state index in [2.05, 4.69) is 19.2 Å². The molecule has 0 rings (SSSR count). The van der Waals surface area contributed by atoms with Crippen LogP contribution in [0.2, 0.25) is 0 Å². The zero-order valence-electron chi connectivity index (χ0n) is 42.8. The number of hydrogen-bond acceptors (Lipinski definition) is 5.